The normalized spacial score (nSPS) is 16.7. The van der Waals surface area contributed by atoms with Crippen LogP contribution in [0.1, 0.15) is 26.7 Å². The number of carbonyl (C=O) groups excluding carboxylic acids is 1. The van der Waals surface area contributed by atoms with E-state index in [4.69, 9.17) is 5.73 Å². The molecule has 0 saturated carbocycles. The molecule has 0 aromatic heterocycles. The van der Waals surface area contributed by atoms with Crippen LogP contribution in [0, 0.1) is 5.92 Å². The molecule has 1 saturated heterocycles. The van der Waals surface area contributed by atoms with Gasteiger partial charge < -0.3 is 16.0 Å². The lowest BCUT2D eigenvalue weighted by molar-refractivity contribution is -0.122. The predicted octanol–water partition coefficient (Wildman–Crippen LogP) is 2.21. The Morgan fingerprint density at radius 1 is 1.32 bits per heavy atom. The first-order chi connectivity index (χ1) is 9.08. The minimum Gasteiger partial charge on any atom is -0.381 e. The van der Waals surface area contributed by atoms with E-state index < -0.39 is 0 Å². The number of hydrogen-bond acceptors (Lipinski definition) is 3. The summed E-state index contributed by atoms with van der Waals surface area (Å²) in [5, 5.41) is 3.47. The van der Waals surface area contributed by atoms with E-state index in [0.29, 0.717) is 6.04 Å². The van der Waals surface area contributed by atoms with Gasteiger partial charge in [-0.2, -0.15) is 0 Å². The zero-order valence-corrected chi connectivity index (χ0v) is 11.7. The second kappa shape index (κ2) is 5.95. The first-order valence-corrected chi connectivity index (χ1v) is 6.97. The number of nitrogens with two attached hydrogens (primary N) is 1. The lowest BCUT2D eigenvalue weighted by atomic mass is 9.96. The van der Waals surface area contributed by atoms with Crippen molar-refractivity contribution in [1.82, 2.24) is 0 Å². The van der Waals surface area contributed by atoms with E-state index in [9.17, 15) is 4.79 Å². The fourth-order valence-corrected chi connectivity index (χ4v) is 2.59. The fourth-order valence-electron chi connectivity index (χ4n) is 2.59. The Labute approximate surface area is 115 Å². The maximum atomic E-state index is 11.2. The summed E-state index contributed by atoms with van der Waals surface area (Å²) in [6, 6.07) is 8.75. The van der Waals surface area contributed by atoms with E-state index in [1.807, 2.05) is 6.07 Å². The predicted molar refractivity (Wildman–Crippen MR) is 79.3 cm³/mol. The number of primary amides is 1. The maximum Gasteiger partial charge on any atom is 0.220 e. The molecule has 1 fully saturated rings. The van der Waals surface area contributed by atoms with Crippen molar-refractivity contribution in [2.45, 2.75) is 32.7 Å². The third-order valence-electron chi connectivity index (χ3n) is 3.59. The number of benzene rings is 1. The molecule has 0 bridgehead atoms. The quantitative estimate of drug-likeness (QED) is 0.873. The van der Waals surface area contributed by atoms with Crippen molar-refractivity contribution in [3.05, 3.63) is 24.3 Å². The highest BCUT2D eigenvalue weighted by Gasteiger charge is 2.24. The maximum absolute atomic E-state index is 11.2. The van der Waals surface area contributed by atoms with Gasteiger partial charge >= 0.3 is 0 Å². The van der Waals surface area contributed by atoms with Gasteiger partial charge in [-0.05, 0) is 38.8 Å². The summed E-state index contributed by atoms with van der Waals surface area (Å²) in [5.41, 5.74) is 7.76. The molecular formula is C15H23N3O. The first kappa shape index (κ1) is 13.7. The summed E-state index contributed by atoms with van der Waals surface area (Å²) >= 11 is 0. The Hall–Kier alpha value is -1.71. The highest BCUT2D eigenvalue weighted by atomic mass is 16.1. The number of carbonyl (C=O) groups is 1. The smallest absolute Gasteiger partial charge is 0.220 e. The minimum absolute atomic E-state index is 0.0430. The van der Waals surface area contributed by atoms with Crippen molar-refractivity contribution in [2.75, 3.05) is 23.3 Å². The number of rotatable bonds is 4. The highest BCUT2D eigenvalue weighted by molar-refractivity contribution is 5.77. The Morgan fingerprint density at radius 3 is 2.53 bits per heavy atom. The Balaban J connectivity index is 2.08. The van der Waals surface area contributed by atoms with Crippen molar-refractivity contribution in [3.8, 4) is 0 Å². The van der Waals surface area contributed by atoms with Crippen molar-refractivity contribution in [2.24, 2.45) is 11.7 Å². The molecule has 1 aliphatic heterocycles. The van der Waals surface area contributed by atoms with E-state index in [0.717, 1.165) is 31.6 Å². The van der Waals surface area contributed by atoms with Crippen LogP contribution in [0.4, 0.5) is 11.4 Å². The van der Waals surface area contributed by atoms with Gasteiger partial charge in [0, 0.05) is 25.0 Å². The van der Waals surface area contributed by atoms with E-state index in [2.05, 4.69) is 42.3 Å². The van der Waals surface area contributed by atoms with E-state index in [1.54, 1.807) is 0 Å². The van der Waals surface area contributed by atoms with E-state index in [1.165, 1.54) is 5.69 Å². The zero-order valence-electron chi connectivity index (χ0n) is 11.7. The van der Waals surface area contributed by atoms with Gasteiger partial charge in [-0.25, -0.2) is 0 Å². The van der Waals surface area contributed by atoms with Crippen LogP contribution in [-0.2, 0) is 4.79 Å². The molecule has 1 amide bonds. The number of amides is 1. The molecule has 4 nitrogen and oxygen atoms in total. The van der Waals surface area contributed by atoms with Gasteiger partial charge in [0.05, 0.1) is 11.4 Å². The largest absolute Gasteiger partial charge is 0.381 e. The van der Waals surface area contributed by atoms with E-state index >= 15 is 0 Å². The molecule has 0 unspecified atom stereocenters. The van der Waals surface area contributed by atoms with Gasteiger partial charge in [0.25, 0.3) is 0 Å². The van der Waals surface area contributed by atoms with Crippen molar-refractivity contribution >= 4 is 17.3 Å². The number of nitrogens with one attached hydrogen (secondary N) is 1. The molecule has 1 aromatic carbocycles. The van der Waals surface area contributed by atoms with Crippen LogP contribution in [0.25, 0.3) is 0 Å². The van der Waals surface area contributed by atoms with Gasteiger partial charge in [0.1, 0.15) is 0 Å². The Bertz CT molecular complexity index is 437. The first-order valence-electron chi connectivity index (χ1n) is 6.97. The molecule has 1 aliphatic rings. The molecule has 0 aliphatic carbocycles. The highest BCUT2D eigenvalue weighted by Crippen LogP contribution is 2.30. The van der Waals surface area contributed by atoms with Gasteiger partial charge in [-0.3, -0.25) is 4.79 Å². The number of para-hydroxylation sites is 2. The average molecular weight is 261 g/mol. The third-order valence-corrected chi connectivity index (χ3v) is 3.59. The average Bonchev–Trinajstić information content (AvgIpc) is 2.39. The molecule has 0 spiro atoms. The molecule has 19 heavy (non-hydrogen) atoms. The Kier molecular flexibility index (Phi) is 4.30. The van der Waals surface area contributed by atoms with Crippen molar-refractivity contribution < 1.29 is 4.79 Å². The molecule has 1 heterocycles. The standard InChI is InChI=1S/C15H23N3O/c1-11(2)17-13-5-3-4-6-14(13)18-9-7-12(8-10-18)15(16)19/h3-6,11-12,17H,7-10H2,1-2H3,(H2,16,19). The summed E-state index contributed by atoms with van der Waals surface area (Å²) in [5.74, 6) is -0.116. The summed E-state index contributed by atoms with van der Waals surface area (Å²) in [4.78, 5) is 13.5. The topological polar surface area (TPSA) is 58.4 Å². The number of anilines is 2. The monoisotopic (exact) mass is 261 g/mol. The van der Waals surface area contributed by atoms with Crippen LogP contribution in [0.5, 0.6) is 0 Å². The zero-order chi connectivity index (χ0) is 13.8. The second-order valence-corrected chi connectivity index (χ2v) is 5.48. The number of hydrogen-bond donors (Lipinski definition) is 2. The van der Waals surface area contributed by atoms with Crippen LogP contribution in [0.3, 0.4) is 0 Å². The van der Waals surface area contributed by atoms with Gasteiger partial charge in [-0.1, -0.05) is 12.1 Å². The lowest BCUT2D eigenvalue weighted by Crippen LogP contribution is -2.38. The van der Waals surface area contributed by atoms with Crippen LogP contribution in [0.2, 0.25) is 0 Å². The second-order valence-electron chi connectivity index (χ2n) is 5.48. The van der Waals surface area contributed by atoms with Crippen molar-refractivity contribution in [3.63, 3.8) is 0 Å². The SMILES string of the molecule is CC(C)Nc1ccccc1N1CCC(C(N)=O)CC1. The lowest BCUT2D eigenvalue weighted by Gasteiger charge is -2.34. The van der Waals surface area contributed by atoms with Crippen LogP contribution in [0.15, 0.2) is 24.3 Å². The summed E-state index contributed by atoms with van der Waals surface area (Å²) in [7, 11) is 0. The number of piperidine rings is 1. The Morgan fingerprint density at radius 2 is 1.95 bits per heavy atom. The summed E-state index contributed by atoms with van der Waals surface area (Å²) in [6.45, 7) is 6.06. The molecule has 3 N–H and O–H groups in total. The number of nitrogens with zero attached hydrogens (tertiary/aromatic N) is 1. The molecule has 0 atom stereocenters. The van der Waals surface area contributed by atoms with Gasteiger partial charge in [0.2, 0.25) is 5.91 Å². The van der Waals surface area contributed by atoms with Crippen molar-refractivity contribution in [1.29, 1.82) is 0 Å². The minimum atomic E-state index is -0.159. The van der Waals surface area contributed by atoms with Gasteiger partial charge in [-0.15, -0.1) is 0 Å². The van der Waals surface area contributed by atoms with E-state index in [-0.39, 0.29) is 11.8 Å². The molecule has 2 rings (SSSR count). The molecular weight excluding hydrogens is 238 g/mol. The molecule has 0 radical (unpaired) electrons. The molecule has 104 valence electrons. The van der Waals surface area contributed by atoms with Crippen LogP contribution < -0.4 is 16.0 Å². The fraction of sp³-hybridized carbons (Fsp3) is 0.533. The molecule has 1 aromatic rings. The molecule has 4 heteroatoms. The van der Waals surface area contributed by atoms with Gasteiger partial charge in [0.15, 0.2) is 0 Å². The summed E-state index contributed by atoms with van der Waals surface area (Å²) < 4.78 is 0. The van der Waals surface area contributed by atoms with Crippen LogP contribution >= 0.6 is 0 Å². The third kappa shape index (κ3) is 3.40. The van der Waals surface area contributed by atoms with Crippen LogP contribution in [-0.4, -0.2) is 25.0 Å². The summed E-state index contributed by atoms with van der Waals surface area (Å²) in [6.07, 6.45) is 1.71.